The summed E-state index contributed by atoms with van der Waals surface area (Å²) in [6, 6.07) is 8.22. The van der Waals surface area contributed by atoms with Crippen LogP contribution in [0.25, 0.3) is 6.08 Å². The first-order chi connectivity index (χ1) is 7.09. The summed E-state index contributed by atoms with van der Waals surface area (Å²) in [6.07, 6.45) is 4.33. The Kier molecular flexibility index (Phi) is 4.10. The Bertz CT molecular complexity index is 349. The van der Waals surface area contributed by atoms with Gasteiger partial charge in [0.15, 0.2) is 0 Å². The summed E-state index contributed by atoms with van der Waals surface area (Å²) >= 11 is 0. The van der Waals surface area contributed by atoms with Crippen LogP contribution in [0, 0.1) is 6.92 Å². The minimum atomic E-state index is 0.123. The molecule has 15 heavy (non-hydrogen) atoms. The zero-order chi connectivity index (χ0) is 11.3. The molecular formula is C13H17NO. The SMILES string of the molecule is Cc1ccc(/C=C/CC(=O)N(C)C)cc1. The summed E-state index contributed by atoms with van der Waals surface area (Å²) in [7, 11) is 3.53. The van der Waals surface area contributed by atoms with E-state index in [-0.39, 0.29) is 5.91 Å². The lowest BCUT2D eigenvalue weighted by Gasteiger charge is -2.06. The minimum Gasteiger partial charge on any atom is -0.349 e. The average Bonchev–Trinajstić information content (AvgIpc) is 2.20. The van der Waals surface area contributed by atoms with Gasteiger partial charge in [0, 0.05) is 20.5 Å². The first-order valence-corrected chi connectivity index (χ1v) is 5.03. The molecule has 0 fully saturated rings. The Balaban J connectivity index is 2.51. The van der Waals surface area contributed by atoms with E-state index in [9.17, 15) is 4.79 Å². The molecule has 0 unspecified atom stereocenters. The molecule has 0 aliphatic rings. The highest BCUT2D eigenvalue weighted by Crippen LogP contribution is 2.05. The molecule has 0 heterocycles. The second-order valence-corrected chi connectivity index (χ2v) is 3.81. The third kappa shape index (κ3) is 3.98. The molecule has 1 amide bonds. The van der Waals surface area contributed by atoms with Gasteiger partial charge in [-0.2, -0.15) is 0 Å². The Labute approximate surface area is 91.2 Å². The van der Waals surface area contributed by atoms with Crippen LogP contribution in [-0.2, 0) is 4.79 Å². The molecule has 2 nitrogen and oxygen atoms in total. The molecule has 0 N–H and O–H groups in total. The van der Waals surface area contributed by atoms with Gasteiger partial charge in [0.2, 0.25) is 5.91 Å². The number of hydrogen-bond acceptors (Lipinski definition) is 1. The lowest BCUT2D eigenvalue weighted by Crippen LogP contribution is -2.20. The van der Waals surface area contributed by atoms with Gasteiger partial charge >= 0.3 is 0 Å². The second-order valence-electron chi connectivity index (χ2n) is 3.81. The van der Waals surface area contributed by atoms with Gasteiger partial charge in [0.25, 0.3) is 0 Å². The molecular weight excluding hydrogens is 186 g/mol. The van der Waals surface area contributed by atoms with Crippen LogP contribution in [0.1, 0.15) is 17.5 Å². The summed E-state index contributed by atoms with van der Waals surface area (Å²) in [6.45, 7) is 2.06. The van der Waals surface area contributed by atoms with E-state index in [0.717, 1.165) is 5.56 Å². The van der Waals surface area contributed by atoms with Gasteiger partial charge in [-0.1, -0.05) is 42.0 Å². The van der Waals surface area contributed by atoms with Crippen LogP contribution in [0.5, 0.6) is 0 Å². The normalized spacial score (nSPS) is 10.6. The lowest BCUT2D eigenvalue weighted by atomic mass is 10.1. The van der Waals surface area contributed by atoms with Crippen LogP contribution in [0.15, 0.2) is 30.3 Å². The highest BCUT2D eigenvalue weighted by Gasteiger charge is 1.98. The maximum absolute atomic E-state index is 11.3. The predicted molar refractivity (Wildman–Crippen MR) is 63.5 cm³/mol. The standard InChI is InChI=1S/C13H17NO/c1-11-7-9-12(10-8-11)5-4-6-13(15)14(2)3/h4-5,7-10H,6H2,1-3H3/b5-4+. The third-order valence-electron chi connectivity index (χ3n) is 2.18. The van der Waals surface area contributed by atoms with Crippen LogP contribution in [0.4, 0.5) is 0 Å². The van der Waals surface area contributed by atoms with Crippen molar-refractivity contribution in [3.63, 3.8) is 0 Å². The van der Waals surface area contributed by atoms with Crippen molar-refractivity contribution in [1.29, 1.82) is 0 Å². The van der Waals surface area contributed by atoms with Crippen molar-refractivity contribution in [1.82, 2.24) is 4.90 Å². The van der Waals surface area contributed by atoms with E-state index in [1.54, 1.807) is 19.0 Å². The summed E-state index contributed by atoms with van der Waals surface area (Å²) in [4.78, 5) is 12.9. The van der Waals surface area contributed by atoms with E-state index < -0.39 is 0 Å². The fourth-order valence-corrected chi connectivity index (χ4v) is 1.16. The number of hydrogen-bond donors (Lipinski definition) is 0. The molecule has 80 valence electrons. The molecule has 0 saturated carbocycles. The van der Waals surface area contributed by atoms with E-state index in [4.69, 9.17) is 0 Å². The maximum Gasteiger partial charge on any atom is 0.225 e. The second kappa shape index (κ2) is 5.35. The number of rotatable bonds is 3. The fraction of sp³-hybridized carbons (Fsp3) is 0.308. The van der Waals surface area contributed by atoms with Crippen molar-refractivity contribution in [3.8, 4) is 0 Å². The summed E-state index contributed by atoms with van der Waals surface area (Å²) < 4.78 is 0. The number of nitrogens with zero attached hydrogens (tertiary/aromatic N) is 1. The third-order valence-corrected chi connectivity index (χ3v) is 2.18. The molecule has 1 aromatic rings. The Morgan fingerprint density at radius 3 is 2.40 bits per heavy atom. The van der Waals surface area contributed by atoms with Gasteiger partial charge in [-0.25, -0.2) is 0 Å². The monoisotopic (exact) mass is 203 g/mol. The predicted octanol–water partition coefficient (Wildman–Crippen LogP) is 2.49. The molecule has 0 atom stereocenters. The molecule has 0 spiro atoms. The Morgan fingerprint density at radius 1 is 1.27 bits per heavy atom. The van der Waals surface area contributed by atoms with Crippen molar-refractivity contribution in [2.45, 2.75) is 13.3 Å². The molecule has 1 rings (SSSR count). The molecule has 2 heteroatoms. The first-order valence-electron chi connectivity index (χ1n) is 5.03. The van der Waals surface area contributed by atoms with E-state index >= 15 is 0 Å². The highest BCUT2D eigenvalue weighted by molar-refractivity contribution is 5.78. The van der Waals surface area contributed by atoms with Gasteiger partial charge in [0.05, 0.1) is 0 Å². The van der Waals surface area contributed by atoms with Crippen LogP contribution in [0.3, 0.4) is 0 Å². The molecule has 0 aromatic heterocycles. The van der Waals surface area contributed by atoms with E-state index in [1.807, 2.05) is 24.3 Å². The van der Waals surface area contributed by atoms with E-state index in [1.165, 1.54) is 5.56 Å². The Hall–Kier alpha value is -1.57. The number of carbonyl (C=O) groups excluding carboxylic acids is 1. The molecule has 0 aliphatic carbocycles. The number of amides is 1. The summed E-state index contributed by atoms with van der Waals surface area (Å²) in [5.74, 6) is 0.123. The quantitative estimate of drug-likeness (QED) is 0.739. The van der Waals surface area contributed by atoms with Gasteiger partial charge in [0.1, 0.15) is 0 Å². The van der Waals surface area contributed by atoms with Gasteiger partial charge in [-0.3, -0.25) is 4.79 Å². The maximum atomic E-state index is 11.3. The molecule has 0 saturated heterocycles. The first kappa shape index (κ1) is 11.5. The van der Waals surface area contributed by atoms with Crippen molar-refractivity contribution in [3.05, 3.63) is 41.5 Å². The van der Waals surface area contributed by atoms with Crippen molar-refractivity contribution < 1.29 is 4.79 Å². The summed E-state index contributed by atoms with van der Waals surface area (Å²) in [5.41, 5.74) is 2.38. The molecule has 0 aliphatic heterocycles. The Morgan fingerprint density at radius 2 is 1.87 bits per heavy atom. The average molecular weight is 203 g/mol. The molecule has 1 aromatic carbocycles. The smallest absolute Gasteiger partial charge is 0.225 e. The van der Waals surface area contributed by atoms with E-state index in [2.05, 4.69) is 19.1 Å². The number of aryl methyl sites for hydroxylation is 1. The topological polar surface area (TPSA) is 20.3 Å². The van der Waals surface area contributed by atoms with Gasteiger partial charge in [-0.15, -0.1) is 0 Å². The van der Waals surface area contributed by atoms with Crippen molar-refractivity contribution in [2.24, 2.45) is 0 Å². The lowest BCUT2D eigenvalue weighted by molar-refractivity contribution is -0.127. The van der Waals surface area contributed by atoms with Crippen LogP contribution >= 0.6 is 0 Å². The van der Waals surface area contributed by atoms with Gasteiger partial charge < -0.3 is 4.90 Å². The summed E-state index contributed by atoms with van der Waals surface area (Å²) in [5, 5.41) is 0. The minimum absolute atomic E-state index is 0.123. The van der Waals surface area contributed by atoms with Crippen LogP contribution < -0.4 is 0 Å². The van der Waals surface area contributed by atoms with Crippen LogP contribution in [-0.4, -0.2) is 24.9 Å². The fourth-order valence-electron chi connectivity index (χ4n) is 1.16. The van der Waals surface area contributed by atoms with E-state index in [0.29, 0.717) is 6.42 Å². The van der Waals surface area contributed by atoms with Crippen molar-refractivity contribution in [2.75, 3.05) is 14.1 Å². The number of carbonyl (C=O) groups is 1. The zero-order valence-corrected chi connectivity index (χ0v) is 9.53. The van der Waals surface area contributed by atoms with Crippen molar-refractivity contribution >= 4 is 12.0 Å². The highest BCUT2D eigenvalue weighted by atomic mass is 16.2. The zero-order valence-electron chi connectivity index (χ0n) is 9.53. The largest absolute Gasteiger partial charge is 0.349 e. The number of benzene rings is 1. The van der Waals surface area contributed by atoms with Gasteiger partial charge in [-0.05, 0) is 12.5 Å². The van der Waals surface area contributed by atoms with Crippen LogP contribution in [0.2, 0.25) is 0 Å². The molecule has 0 bridgehead atoms. The molecule has 0 radical (unpaired) electrons.